The Kier molecular flexibility index (Phi) is 4.01. The van der Waals surface area contributed by atoms with E-state index < -0.39 is 11.8 Å². The maximum Gasteiger partial charge on any atom is 0.341 e. The highest BCUT2D eigenvalue weighted by atomic mass is 19.1. The first kappa shape index (κ1) is 16.0. The molecule has 0 saturated carbocycles. The van der Waals surface area contributed by atoms with Crippen molar-refractivity contribution in [3.05, 3.63) is 46.9 Å². The van der Waals surface area contributed by atoms with Gasteiger partial charge in [0.2, 0.25) is 0 Å². The Bertz CT molecular complexity index is 926. The van der Waals surface area contributed by atoms with Gasteiger partial charge in [-0.05, 0) is 33.8 Å². The van der Waals surface area contributed by atoms with Crippen LogP contribution in [-0.2, 0) is 4.74 Å². The highest BCUT2D eigenvalue weighted by Crippen LogP contribution is 2.22. The average molecular weight is 328 g/mol. The van der Waals surface area contributed by atoms with E-state index in [-0.39, 0.29) is 12.3 Å². The van der Waals surface area contributed by atoms with E-state index in [9.17, 15) is 9.18 Å². The molecule has 0 aromatic carbocycles. The molecule has 24 heavy (non-hydrogen) atoms. The number of ether oxygens (including phenoxy) is 1. The average Bonchev–Trinajstić information content (AvgIpc) is 2.87. The number of carbonyl (C=O) groups excluding carboxylic acids is 1. The van der Waals surface area contributed by atoms with Gasteiger partial charge in [0.05, 0.1) is 23.7 Å². The molecule has 0 spiro atoms. The van der Waals surface area contributed by atoms with Crippen LogP contribution in [0.2, 0.25) is 0 Å². The molecule has 0 unspecified atom stereocenters. The number of esters is 1. The van der Waals surface area contributed by atoms with Crippen molar-refractivity contribution in [2.75, 3.05) is 6.61 Å². The summed E-state index contributed by atoms with van der Waals surface area (Å²) in [6.07, 6.45) is 3.45. The van der Waals surface area contributed by atoms with Crippen LogP contribution in [0.25, 0.3) is 17.0 Å². The van der Waals surface area contributed by atoms with Crippen LogP contribution in [-0.4, -0.2) is 31.9 Å². The second kappa shape index (κ2) is 5.99. The normalized spacial score (nSPS) is 11.0. The Morgan fingerprint density at radius 1 is 1.17 bits per heavy atom. The lowest BCUT2D eigenvalue weighted by Gasteiger charge is -2.10. The second-order valence-electron chi connectivity index (χ2n) is 5.50. The zero-order chi connectivity index (χ0) is 17.4. The number of carbonyl (C=O) groups is 1. The number of aryl methyl sites for hydroxylation is 3. The highest BCUT2D eigenvalue weighted by molar-refractivity contribution is 5.91. The Hall–Kier alpha value is -2.83. The first-order valence-electron chi connectivity index (χ1n) is 7.58. The molecule has 0 amide bonds. The third-order valence-corrected chi connectivity index (χ3v) is 3.64. The molecule has 0 N–H and O–H groups in total. The lowest BCUT2D eigenvalue weighted by Crippen LogP contribution is -2.12. The molecule has 124 valence electrons. The van der Waals surface area contributed by atoms with Crippen molar-refractivity contribution in [2.45, 2.75) is 27.7 Å². The second-order valence-corrected chi connectivity index (χ2v) is 5.50. The number of pyridine rings is 1. The monoisotopic (exact) mass is 328 g/mol. The summed E-state index contributed by atoms with van der Waals surface area (Å²) in [7, 11) is 0. The first-order valence-corrected chi connectivity index (χ1v) is 7.58. The summed E-state index contributed by atoms with van der Waals surface area (Å²) >= 11 is 0. The van der Waals surface area contributed by atoms with Gasteiger partial charge in [0.1, 0.15) is 5.56 Å². The fourth-order valence-corrected chi connectivity index (χ4v) is 2.65. The molecule has 0 saturated heterocycles. The third kappa shape index (κ3) is 2.73. The topological polar surface area (TPSA) is 69.4 Å². The fourth-order valence-electron chi connectivity index (χ4n) is 2.65. The third-order valence-electron chi connectivity index (χ3n) is 3.64. The highest BCUT2D eigenvalue weighted by Gasteiger charge is 2.18. The van der Waals surface area contributed by atoms with Gasteiger partial charge in [0.25, 0.3) is 0 Å². The van der Waals surface area contributed by atoms with E-state index in [0.717, 1.165) is 5.69 Å². The van der Waals surface area contributed by atoms with Gasteiger partial charge >= 0.3 is 5.97 Å². The van der Waals surface area contributed by atoms with Gasteiger partial charge in [-0.3, -0.25) is 0 Å². The molecule has 3 heterocycles. The molecule has 3 rings (SSSR count). The van der Waals surface area contributed by atoms with Gasteiger partial charge in [-0.2, -0.15) is 0 Å². The van der Waals surface area contributed by atoms with Crippen LogP contribution in [0.1, 0.15) is 34.4 Å². The van der Waals surface area contributed by atoms with E-state index >= 15 is 0 Å². The van der Waals surface area contributed by atoms with Crippen molar-refractivity contribution in [3.63, 3.8) is 0 Å². The molecular weight excluding hydrogens is 311 g/mol. The number of imidazole rings is 1. The lowest BCUT2D eigenvalue weighted by molar-refractivity contribution is 0.0523. The van der Waals surface area contributed by atoms with E-state index in [1.165, 1.54) is 6.07 Å². The van der Waals surface area contributed by atoms with Gasteiger partial charge in [-0.25, -0.2) is 24.1 Å². The van der Waals surface area contributed by atoms with Crippen LogP contribution in [0.3, 0.4) is 0 Å². The Morgan fingerprint density at radius 2 is 1.83 bits per heavy atom. The Morgan fingerprint density at radius 3 is 2.46 bits per heavy atom. The first-order chi connectivity index (χ1) is 11.4. The quantitative estimate of drug-likeness (QED) is 0.691. The smallest absolute Gasteiger partial charge is 0.341 e. The van der Waals surface area contributed by atoms with Crippen LogP contribution < -0.4 is 0 Å². The van der Waals surface area contributed by atoms with Crippen LogP contribution >= 0.6 is 0 Å². The van der Waals surface area contributed by atoms with Crippen LogP contribution in [0, 0.1) is 26.6 Å². The van der Waals surface area contributed by atoms with Crippen molar-refractivity contribution in [3.8, 4) is 11.4 Å². The lowest BCUT2D eigenvalue weighted by atomic mass is 10.1. The molecule has 0 atom stereocenters. The van der Waals surface area contributed by atoms with Gasteiger partial charge in [-0.1, -0.05) is 0 Å². The summed E-state index contributed by atoms with van der Waals surface area (Å²) in [5, 5.41) is 0. The molecule has 0 aliphatic heterocycles. The molecule has 6 nitrogen and oxygen atoms in total. The maximum absolute atomic E-state index is 14.2. The van der Waals surface area contributed by atoms with E-state index in [0.29, 0.717) is 28.3 Å². The van der Waals surface area contributed by atoms with Gasteiger partial charge in [0, 0.05) is 18.0 Å². The van der Waals surface area contributed by atoms with E-state index in [2.05, 4.69) is 15.0 Å². The minimum absolute atomic E-state index is 0.257. The van der Waals surface area contributed by atoms with E-state index in [1.54, 1.807) is 44.5 Å². The van der Waals surface area contributed by atoms with Crippen LogP contribution in [0.5, 0.6) is 0 Å². The number of rotatable bonds is 3. The summed E-state index contributed by atoms with van der Waals surface area (Å²) in [6.45, 7) is 7.23. The SMILES string of the molecule is CCOC(=O)c1c(C)nc(-c2cc(F)c3nc(C)cn3c2)nc1C. The van der Waals surface area contributed by atoms with E-state index in [4.69, 9.17) is 4.74 Å². The molecule has 3 aromatic heterocycles. The van der Waals surface area contributed by atoms with Crippen molar-refractivity contribution in [1.29, 1.82) is 0 Å². The number of aromatic nitrogens is 4. The zero-order valence-corrected chi connectivity index (χ0v) is 13.9. The summed E-state index contributed by atoms with van der Waals surface area (Å²) in [5.74, 6) is -0.551. The number of nitrogens with zero attached hydrogens (tertiary/aromatic N) is 4. The summed E-state index contributed by atoms with van der Waals surface area (Å²) in [4.78, 5) is 24.8. The van der Waals surface area contributed by atoms with E-state index in [1.807, 2.05) is 0 Å². The summed E-state index contributed by atoms with van der Waals surface area (Å²) < 4.78 is 20.9. The minimum atomic E-state index is -0.453. The predicted octanol–water partition coefficient (Wildman–Crippen LogP) is 3.03. The van der Waals surface area contributed by atoms with Crippen LogP contribution in [0.15, 0.2) is 18.5 Å². The van der Waals surface area contributed by atoms with Crippen molar-refractivity contribution in [2.24, 2.45) is 0 Å². The minimum Gasteiger partial charge on any atom is -0.462 e. The fraction of sp³-hybridized carbons (Fsp3) is 0.294. The largest absolute Gasteiger partial charge is 0.462 e. The van der Waals surface area contributed by atoms with Crippen molar-refractivity contribution in [1.82, 2.24) is 19.4 Å². The maximum atomic E-state index is 14.2. The van der Waals surface area contributed by atoms with Gasteiger partial charge in [0.15, 0.2) is 17.3 Å². The molecule has 0 radical (unpaired) electrons. The van der Waals surface area contributed by atoms with Gasteiger partial charge in [-0.15, -0.1) is 0 Å². The molecule has 0 fully saturated rings. The number of hydrogen-bond acceptors (Lipinski definition) is 5. The molecule has 0 aliphatic carbocycles. The number of hydrogen-bond donors (Lipinski definition) is 0. The summed E-state index contributed by atoms with van der Waals surface area (Å²) in [5.41, 5.74) is 2.83. The summed E-state index contributed by atoms with van der Waals surface area (Å²) in [6, 6.07) is 1.35. The van der Waals surface area contributed by atoms with Crippen LogP contribution in [0.4, 0.5) is 4.39 Å². The Balaban J connectivity index is 2.12. The van der Waals surface area contributed by atoms with Gasteiger partial charge < -0.3 is 9.14 Å². The Labute approximate surface area is 138 Å². The standard InChI is InChI=1S/C17H17FN4O2/c1-5-24-17(23)14-10(3)20-15(21-11(14)4)12-6-13(18)16-19-9(2)7-22(16)8-12/h6-8H,5H2,1-4H3. The number of halogens is 1. The predicted molar refractivity (Wildman–Crippen MR) is 86.3 cm³/mol. The number of fused-ring (bicyclic) bond motifs is 1. The molecular formula is C17H17FN4O2. The van der Waals surface area contributed by atoms with Crippen molar-refractivity contribution >= 4 is 11.6 Å². The zero-order valence-electron chi connectivity index (χ0n) is 13.9. The van der Waals surface area contributed by atoms with Crippen molar-refractivity contribution < 1.29 is 13.9 Å². The molecule has 3 aromatic rings. The molecule has 0 aliphatic rings. The molecule has 0 bridgehead atoms. The molecule has 7 heteroatoms.